The summed E-state index contributed by atoms with van der Waals surface area (Å²) < 4.78 is 0. The SMILES string of the molecule is Cc1cc(C)cc(Nc2nc(NCc3ccccc3C=O)n[nH]2)c1. The number of aromatic amines is 1. The molecule has 3 rings (SSSR count). The highest BCUT2D eigenvalue weighted by Crippen LogP contribution is 2.18. The van der Waals surface area contributed by atoms with Crippen LogP contribution in [0.4, 0.5) is 17.6 Å². The number of nitrogens with one attached hydrogen (secondary N) is 3. The van der Waals surface area contributed by atoms with Crippen molar-refractivity contribution < 1.29 is 4.79 Å². The normalized spacial score (nSPS) is 10.4. The molecule has 0 aliphatic rings. The number of aldehydes is 1. The Morgan fingerprint density at radius 3 is 2.62 bits per heavy atom. The lowest BCUT2D eigenvalue weighted by Crippen LogP contribution is -2.03. The van der Waals surface area contributed by atoms with E-state index in [1.54, 1.807) is 6.07 Å². The molecule has 1 aromatic heterocycles. The van der Waals surface area contributed by atoms with Gasteiger partial charge in [0, 0.05) is 17.8 Å². The third-order valence-electron chi connectivity index (χ3n) is 3.59. The van der Waals surface area contributed by atoms with Crippen LogP contribution in [0.25, 0.3) is 0 Å². The van der Waals surface area contributed by atoms with Crippen LogP contribution in [0.15, 0.2) is 42.5 Å². The van der Waals surface area contributed by atoms with Gasteiger partial charge >= 0.3 is 0 Å². The molecule has 0 spiro atoms. The van der Waals surface area contributed by atoms with Crippen LogP contribution in [0.3, 0.4) is 0 Å². The standard InChI is InChI=1S/C18H19N5O/c1-12-7-13(2)9-16(8-12)20-18-21-17(22-23-18)19-10-14-5-3-4-6-15(14)11-24/h3-9,11H,10H2,1-2H3,(H3,19,20,21,22,23). The van der Waals surface area contributed by atoms with Crippen LogP contribution in [0, 0.1) is 13.8 Å². The van der Waals surface area contributed by atoms with Crippen molar-refractivity contribution >= 4 is 23.9 Å². The zero-order valence-electron chi connectivity index (χ0n) is 13.6. The number of carbonyl (C=O) groups excluding carboxylic acids is 1. The zero-order chi connectivity index (χ0) is 16.9. The molecule has 0 saturated carbocycles. The number of anilines is 3. The van der Waals surface area contributed by atoms with Gasteiger partial charge in [0.05, 0.1) is 0 Å². The Kier molecular flexibility index (Phi) is 4.56. The Hall–Kier alpha value is -3.15. The molecule has 0 atom stereocenters. The summed E-state index contributed by atoms with van der Waals surface area (Å²) in [6, 6.07) is 13.6. The van der Waals surface area contributed by atoms with E-state index in [-0.39, 0.29) is 0 Å². The molecular weight excluding hydrogens is 302 g/mol. The van der Waals surface area contributed by atoms with E-state index in [2.05, 4.69) is 45.7 Å². The van der Waals surface area contributed by atoms with Crippen molar-refractivity contribution in [3.8, 4) is 0 Å². The molecule has 0 saturated heterocycles. The van der Waals surface area contributed by atoms with Gasteiger partial charge in [0.25, 0.3) is 0 Å². The molecule has 1 heterocycles. The number of H-pyrrole nitrogens is 1. The van der Waals surface area contributed by atoms with Crippen molar-refractivity contribution in [2.75, 3.05) is 10.6 Å². The molecule has 6 heteroatoms. The van der Waals surface area contributed by atoms with E-state index in [4.69, 9.17) is 0 Å². The van der Waals surface area contributed by atoms with Gasteiger partial charge < -0.3 is 10.6 Å². The van der Waals surface area contributed by atoms with Gasteiger partial charge in [-0.25, -0.2) is 5.10 Å². The fourth-order valence-corrected chi connectivity index (χ4v) is 2.56. The van der Waals surface area contributed by atoms with Gasteiger partial charge in [0.1, 0.15) is 6.29 Å². The van der Waals surface area contributed by atoms with Crippen LogP contribution < -0.4 is 10.6 Å². The maximum absolute atomic E-state index is 11.0. The molecule has 0 unspecified atom stereocenters. The van der Waals surface area contributed by atoms with Gasteiger partial charge in [-0.05, 0) is 42.7 Å². The number of hydrogen-bond acceptors (Lipinski definition) is 5. The molecule has 0 fully saturated rings. The summed E-state index contributed by atoms with van der Waals surface area (Å²) in [7, 11) is 0. The van der Waals surface area contributed by atoms with Crippen LogP contribution in [0.2, 0.25) is 0 Å². The molecule has 0 aliphatic heterocycles. The molecule has 6 nitrogen and oxygen atoms in total. The predicted octanol–water partition coefficient (Wildman–Crippen LogP) is 3.59. The zero-order valence-corrected chi connectivity index (χ0v) is 13.6. The smallest absolute Gasteiger partial charge is 0.243 e. The van der Waals surface area contributed by atoms with Gasteiger partial charge in [-0.3, -0.25) is 4.79 Å². The summed E-state index contributed by atoms with van der Waals surface area (Å²) in [6.45, 7) is 4.59. The molecule has 3 N–H and O–H groups in total. The Morgan fingerprint density at radius 2 is 1.88 bits per heavy atom. The molecule has 0 bridgehead atoms. The Labute approximate surface area is 140 Å². The average molecular weight is 321 g/mol. The van der Waals surface area contributed by atoms with Crippen molar-refractivity contribution in [1.29, 1.82) is 0 Å². The summed E-state index contributed by atoms with van der Waals surface area (Å²) in [5.74, 6) is 1.04. The molecular formula is C18H19N5O. The highest BCUT2D eigenvalue weighted by molar-refractivity contribution is 5.77. The minimum absolute atomic E-state index is 0.475. The summed E-state index contributed by atoms with van der Waals surface area (Å²) >= 11 is 0. The van der Waals surface area contributed by atoms with E-state index in [9.17, 15) is 4.79 Å². The summed E-state index contributed by atoms with van der Waals surface area (Å²) in [5, 5.41) is 13.3. The summed E-state index contributed by atoms with van der Waals surface area (Å²) in [5.41, 5.74) is 4.89. The van der Waals surface area contributed by atoms with Crippen LogP contribution in [-0.2, 0) is 6.54 Å². The van der Waals surface area contributed by atoms with Crippen LogP contribution in [0.1, 0.15) is 27.0 Å². The third kappa shape index (κ3) is 3.78. The van der Waals surface area contributed by atoms with Crippen molar-refractivity contribution in [3.63, 3.8) is 0 Å². The van der Waals surface area contributed by atoms with Crippen molar-refractivity contribution in [1.82, 2.24) is 15.2 Å². The van der Waals surface area contributed by atoms with E-state index in [0.717, 1.165) is 17.5 Å². The number of nitrogens with zero attached hydrogens (tertiary/aromatic N) is 2. The lowest BCUT2D eigenvalue weighted by atomic mass is 10.1. The Bertz CT molecular complexity index is 836. The highest BCUT2D eigenvalue weighted by Gasteiger charge is 2.05. The second kappa shape index (κ2) is 6.95. The second-order valence-electron chi connectivity index (χ2n) is 5.68. The molecule has 24 heavy (non-hydrogen) atoms. The monoisotopic (exact) mass is 321 g/mol. The number of rotatable bonds is 6. The van der Waals surface area contributed by atoms with Crippen LogP contribution in [-0.4, -0.2) is 21.5 Å². The predicted molar refractivity (Wildman–Crippen MR) is 94.7 cm³/mol. The van der Waals surface area contributed by atoms with E-state index in [1.165, 1.54) is 11.1 Å². The number of aromatic nitrogens is 3. The molecule has 0 aliphatic carbocycles. The van der Waals surface area contributed by atoms with Crippen molar-refractivity contribution in [2.45, 2.75) is 20.4 Å². The average Bonchev–Trinajstić information content (AvgIpc) is 2.99. The van der Waals surface area contributed by atoms with Gasteiger partial charge in [-0.1, -0.05) is 30.3 Å². The highest BCUT2D eigenvalue weighted by atomic mass is 16.1. The largest absolute Gasteiger partial charge is 0.349 e. The fraction of sp³-hybridized carbons (Fsp3) is 0.167. The maximum atomic E-state index is 11.0. The molecule has 3 aromatic rings. The fourth-order valence-electron chi connectivity index (χ4n) is 2.56. The molecule has 2 aromatic carbocycles. The third-order valence-corrected chi connectivity index (χ3v) is 3.59. The molecule has 0 radical (unpaired) electrons. The summed E-state index contributed by atoms with van der Waals surface area (Å²) in [6.07, 6.45) is 0.849. The van der Waals surface area contributed by atoms with Gasteiger partial charge in [-0.2, -0.15) is 4.98 Å². The Morgan fingerprint density at radius 1 is 1.12 bits per heavy atom. The van der Waals surface area contributed by atoms with E-state index in [1.807, 2.05) is 30.3 Å². The molecule has 0 amide bonds. The summed E-state index contributed by atoms with van der Waals surface area (Å²) in [4.78, 5) is 15.4. The van der Waals surface area contributed by atoms with Gasteiger partial charge in [0.15, 0.2) is 0 Å². The first kappa shape index (κ1) is 15.7. The van der Waals surface area contributed by atoms with Crippen LogP contribution in [0.5, 0.6) is 0 Å². The van der Waals surface area contributed by atoms with Crippen molar-refractivity contribution in [3.05, 3.63) is 64.7 Å². The maximum Gasteiger partial charge on any atom is 0.243 e. The number of benzene rings is 2. The van der Waals surface area contributed by atoms with E-state index in [0.29, 0.717) is 24.0 Å². The minimum atomic E-state index is 0.475. The second-order valence-corrected chi connectivity index (χ2v) is 5.68. The van der Waals surface area contributed by atoms with Crippen molar-refractivity contribution in [2.24, 2.45) is 0 Å². The lowest BCUT2D eigenvalue weighted by molar-refractivity contribution is 0.112. The quantitative estimate of drug-likeness (QED) is 0.604. The van der Waals surface area contributed by atoms with Gasteiger partial charge in [-0.15, -0.1) is 5.10 Å². The van der Waals surface area contributed by atoms with E-state index >= 15 is 0 Å². The minimum Gasteiger partial charge on any atom is -0.349 e. The van der Waals surface area contributed by atoms with Gasteiger partial charge in [0.2, 0.25) is 11.9 Å². The number of aryl methyl sites for hydroxylation is 2. The van der Waals surface area contributed by atoms with Crippen LogP contribution >= 0.6 is 0 Å². The lowest BCUT2D eigenvalue weighted by Gasteiger charge is -2.05. The molecule has 122 valence electrons. The van der Waals surface area contributed by atoms with E-state index < -0.39 is 0 Å². The Balaban J connectivity index is 1.66. The first-order valence-electron chi connectivity index (χ1n) is 7.69. The number of carbonyl (C=O) groups is 1. The first-order chi connectivity index (χ1) is 11.6. The first-order valence-corrected chi connectivity index (χ1v) is 7.69. The topological polar surface area (TPSA) is 82.7 Å². The number of hydrogen-bond donors (Lipinski definition) is 3.